The lowest BCUT2D eigenvalue weighted by atomic mass is 10.3. The van der Waals surface area contributed by atoms with Crippen LogP contribution in [0, 0.1) is 11.3 Å². The van der Waals surface area contributed by atoms with Crippen molar-refractivity contribution in [2.75, 3.05) is 26.3 Å². The number of hydrogen-bond acceptors (Lipinski definition) is 6. The summed E-state index contributed by atoms with van der Waals surface area (Å²) >= 11 is 0.873. The van der Waals surface area contributed by atoms with E-state index in [0.29, 0.717) is 31.2 Å². The molecule has 7 nitrogen and oxygen atoms in total. The zero-order valence-electron chi connectivity index (χ0n) is 11.4. The highest BCUT2D eigenvalue weighted by Crippen LogP contribution is 2.21. The lowest BCUT2D eigenvalue weighted by molar-refractivity contribution is -0.136. The minimum Gasteiger partial charge on any atom is -0.378 e. The molecule has 0 aliphatic carbocycles. The second-order valence-corrected chi connectivity index (χ2v) is 7.54. The molecule has 1 fully saturated rings. The van der Waals surface area contributed by atoms with E-state index in [0.717, 1.165) is 11.3 Å². The summed E-state index contributed by atoms with van der Waals surface area (Å²) in [7, 11) is -3.79. The summed E-state index contributed by atoms with van der Waals surface area (Å²) in [6, 6.07) is 3.82. The first kappa shape index (κ1) is 15.9. The van der Waals surface area contributed by atoms with Crippen LogP contribution in [0.15, 0.2) is 16.3 Å². The van der Waals surface area contributed by atoms with Gasteiger partial charge in [0.2, 0.25) is 5.91 Å². The standard InChI is InChI=1S/C12H15N3O4S2/c1-9(12(16)15-4-6-19-7-5-15)14-21(17,18)11-3-2-10(8-13)20-11/h2-3,9,14H,4-7H2,1H3. The van der Waals surface area contributed by atoms with Crippen molar-refractivity contribution in [3.05, 3.63) is 17.0 Å². The average molecular weight is 329 g/mol. The van der Waals surface area contributed by atoms with E-state index in [2.05, 4.69) is 4.72 Å². The molecule has 0 radical (unpaired) electrons. The fourth-order valence-electron chi connectivity index (χ4n) is 1.92. The highest BCUT2D eigenvalue weighted by Gasteiger charge is 2.27. The molecule has 1 aromatic heterocycles. The fraction of sp³-hybridized carbons (Fsp3) is 0.500. The second-order valence-electron chi connectivity index (χ2n) is 4.51. The molecule has 21 heavy (non-hydrogen) atoms. The van der Waals surface area contributed by atoms with E-state index in [-0.39, 0.29) is 10.1 Å². The van der Waals surface area contributed by atoms with Gasteiger partial charge in [0, 0.05) is 13.1 Å². The van der Waals surface area contributed by atoms with Gasteiger partial charge in [-0.15, -0.1) is 11.3 Å². The molecule has 0 bridgehead atoms. The lowest BCUT2D eigenvalue weighted by Crippen LogP contribution is -2.50. The van der Waals surface area contributed by atoms with E-state index in [4.69, 9.17) is 10.00 Å². The smallest absolute Gasteiger partial charge is 0.250 e. The highest BCUT2D eigenvalue weighted by atomic mass is 32.2. The summed E-state index contributed by atoms with van der Waals surface area (Å²) in [6.07, 6.45) is 0. The molecule has 0 spiro atoms. The molecule has 9 heteroatoms. The van der Waals surface area contributed by atoms with Gasteiger partial charge in [-0.2, -0.15) is 9.98 Å². The molecule has 114 valence electrons. The van der Waals surface area contributed by atoms with Gasteiger partial charge in [-0.1, -0.05) is 0 Å². The number of ether oxygens (including phenoxy) is 1. The SMILES string of the molecule is CC(NS(=O)(=O)c1ccc(C#N)s1)C(=O)N1CCOCC1. The third-order valence-corrected chi connectivity index (χ3v) is 6.00. The van der Waals surface area contributed by atoms with Crippen LogP contribution in [0.25, 0.3) is 0 Å². The molecule has 1 amide bonds. The molecule has 1 unspecified atom stereocenters. The Morgan fingerprint density at radius 3 is 2.71 bits per heavy atom. The van der Waals surface area contributed by atoms with Crippen LogP contribution in [-0.4, -0.2) is 51.6 Å². The van der Waals surface area contributed by atoms with Crippen LogP contribution in [0.5, 0.6) is 0 Å². The zero-order valence-corrected chi connectivity index (χ0v) is 13.0. The van der Waals surface area contributed by atoms with Crippen molar-refractivity contribution in [3.8, 4) is 6.07 Å². The minimum absolute atomic E-state index is 0.0284. The van der Waals surface area contributed by atoms with Gasteiger partial charge in [0.05, 0.1) is 19.3 Å². The third kappa shape index (κ3) is 3.79. The highest BCUT2D eigenvalue weighted by molar-refractivity contribution is 7.91. The van der Waals surface area contributed by atoms with Crippen molar-refractivity contribution in [2.45, 2.75) is 17.2 Å². The van der Waals surface area contributed by atoms with E-state index in [1.165, 1.54) is 19.1 Å². The number of morpholine rings is 1. The van der Waals surface area contributed by atoms with Crippen molar-refractivity contribution < 1.29 is 17.9 Å². The van der Waals surface area contributed by atoms with Crippen LogP contribution < -0.4 is 4.72 Å². The maximum atomic E-state index is 12.2. The molecule has 1 atom stereocenters. The number of carbonyl (C=O) groups excluding carboxylic acids is 1. The Hall–Kier alpha value is -1.47. The number of nitriles is 1. The van der Waals surface area contributed by atoms with Crippen LogP contribution in [-0.2, 0) is 19.6 Å². The Kier molecular flexibility index (Phi) is 4.95. The number of amides is 1. The average Bonchev–Trinajstić information content (AvgIpc) is 2.96. The molecule has 1 aliphatic rings. The first-order valence-corrected chi connectivity index (χ1v) is 8.63. The summed E-state index contributed by atoms with van der Waals surface area (Å²) in [5.74, 6) is -0.279. The number of nitrogens with zero attached hydrogens (tertiary/aromatic N) is 2. The van der Waals surface area contributed by atoms with Gasteiger partial charge < -0.3 is 9.64 Å². The zero-order chi connectivity index (χ0) is 15.5. The second kappa shape index (κ2) is 6.53. The maximum absolute atomic E-state index is 12.2. The van der Waals surface area contributed by atoms with Crippen molar-refractivity contribution in [3.63, 3.8) is 0 Å². The van der Waals surface area contributed by atoms with Crippen LogP contribution in [0.4, 0.5) is 0 Å². The van der Waals surface area contributed by atoms with Gasteiger partial charge in [-0.25, -0.2) is 8.42 Å². The molecule has 1 aromatic rings. The number of carbonyl (C=O) groups is 1. The molecule has 1 saturated heterocycles. The Labute approximate surface area is 127 Å². The summed E-state index contributed by atoms with van der Waals surface area (Å²) < 4.78 is 31.8. The molecule has 2 heterocycles. The van der Waals surface area contributed by atoms with E-state index in [1.54, 1.807) is 4.90 Å². The number of thiophene rings is 1. The molecule has 2 rings (SSSR count). The van der Waals surface area contributed by atoms with E-state index >= 15 is 0 Å². The topological polar surface area (TPSA) is 99.5 Å². The third-order valence-electron chi connectivity index (χ3n) is 2.98. The molecular weight excluding hydrogens is 314 g/mol. The normalized spacial score (nSPS) is 17.2. The van der Waals surface area contributed by atoms with E-state index in [1.807, 2.05) is 6.07 Å². The maximum Gasteiger partial charge on any atom is 0.250 e. The van der Waals surface area contributed by atoms with Gasteiger partial charge in [0.15, 0.2) is 0 Å². The van der Waals surface area contributed by atoms with Gasteiger partial charge >= 0.3 is 0 Å². The van der Waals surface area contributed by atoms with Crippen molar-refractivity contribution in [1.82, 2.24) is 9.62 Å². The Morgan fingerprint density at radius 2 is 2.14 bits per heavy atom. The van der Waals surface area contributed by atoms with Crippen LogP contribution >= 0.6 is 11.3 Å². The Bertz CT molecular complexity index is 656. The summed E-state index contributed by atoms with van der Waals surface area (Å²) in [6.45, 7) is 3.35. The van der Waals surface area contributed by atoms with Gasteiger partial charge in [0.1, 0.15) is 15.2 Å². The van der Waals surface area contributed by atoms with Crippen molar-refractivity contribution >= 4 is 27.3 Å². The number of rotatable bonds is 4. The molecular formula is C12H15N3O4S2. The Morgan fingerprint density at radius 1 is 1.48 bits per heavy atom. The quantitative estimate of drug-likeness (QED) is 0.847. The summed E-state index contributed by atoms with van der Waals surface area (Å²) in [4.78, 5) is 14.0. The van der Waals surface area contributed by atoms with Gasteiger partial charge in [0.25, 0.3) is 10.0 Å². The molecule has 0 aromatic carbocycles. The predicted octanol–water partition coefficient (Wildman–Crippen LogP) is 0.145. The van der Waals surface area contributed by atoms with E-state index < -0.39 is 16.1 Å². The first-order chi connectivity index (χ1) is 9.94. The monoisotopic (exact) mass is 329 g/mol. The van der Waals surface area contributed by atoms with Crippen LogP contribution in [0.3, 0.4) is 0 Å². The fourth-order valence-corrected chi connectivity index (χ4v) is 4.24. The van der Waals surface area contributed by atoms with Crippen LogP contribution in [0.2, 0.25) is 0 Å². The minimum atomic E-state index is -3.79. The molecule has 1 N–H and O–H groups in total. The van der Waals surface area contributed by atoms with Gasteiger partial charge in [-0.05, 0) is 19.1 Å². The molecule has 0 saturated carbocycles. The van der Waals surface area contributed by atoms with E-state index in [9.17, 15) is 13.2 Å². The molecule has 1 aliphatic heterocycles. The largest absolute Gasteiger partial charge is 0.378 e. The van der Waals surface area contributed by atoms with Gasteiger partial charge in [-0.3, -0.25) is 4.79 Å². The lowest BCUT2D eigenvalue weighted by Gasteiger charge is -2.29. The summed E-state index contributed by atoms with van der Waals surface area (Å²) in [5.41, 5.74) is 0. The first-order valence-electron chi connectivity index (χ1n) is 6.33. The number of nitrogens with one attached hydrogen (secondary N) is 1. The number of sulfonamides is 1. The van der Waals surface area contributed by atoms with Crippen molar-refractivity contribution in [2.24, 2.45) is 0 Å². The predicted molar refractivity (Wildman–Crippen MR) is 76.2 cm³/mol. The Balaban J connectivity index is 2.05. The summed E-state index contributed by atoms with van der Waals surface area (Å²) in [5, 5.41) is 8.73. The van der Waals surface area contributed by atoms with Crippen molar-refractivity contribution in [1.29, 1.82) is 5.26 Å². The van der Waals surface area contributed by atoms with Crippen LogP contribution in [0.1, 0.15) is 11.8 Å². The number of hydrogen-bond donors (Lipinski definition) is 1.